The molecule has 154 valence electrons. The highest BCUT2D eigenvalue weighted by Gasteiger charge is 2.51. The van der Waals surface area contributed by atoms with Gasteiger partial charge in [-0.2, -0.15) is 0 Å². The Bertz CT molecular complexity index is 666. The normalized spacial score (nSPS) is 32.4. The second-order valence-corrected chi connectivity index (χ2v) is 9.19. The molecule has 1 saturated carbocycles. The van der Waals surface area contributed by atoms with Gasteiger partial charge in [-0.3, -0.25) is 4.90 Å². The minimum absolute atomic E-state index is 0.0595. The van der Waals surface area contributed by atoms with E-state index >= 15 is 0 Å². The van der Waals surface area contributed by atoms with E-state index in [0.717, 1.165) is 58.2 Å². The number of piperidine rings is 3. The van der Waals surface area contributed by atoms with Gasteiger partial charge in [0.2, 0.25) is 0 Å². The van der Waals surface area contributed by atoms with Crippen LogP contribution in [0.15, 0.2) is 30.3 Å². The molecule has 3 saturated heterocycles. The van der Waals surface area contributed by atoms with E-state index in [2.05, 4.69) is 23.9 Å². The van der Waals surface area contributed by atoms with Gasteiger partial charge in [-0.1, -0.05) is 43.2 Å². The van der Waals surface area contributed by atoms with E-state index < -0.39 is 11.6 Å². The second kappa shape index (κ2) is 8.13. The Morgan fingerprint density at radius 3 is 2.39 bits per heavy atom. The molecule has 1 N–H and O–H groups in total. The quantitative estimate of drug-likeness (QED) is 0.762. The highest BCUT2D eigenvalue weighted by atomic mass is 16.6. The molecule has 2 bridgehead atoms. The summed E-state index contributed by atoms with van der Waals surface area (Å²) in [5.74, 6) is -0.0913. The zero-order chi connectivity index (χ0) is 19.7. The molecule has 3 atom stereocenters. The highest BCUT2D eigenvalue weighted by Crippen LogP contribution is 2.43. The molecule has 28 heavy (non-hydrogen) atoms. The van der Waals surface area contributed by atoms with E-state index in [0.29, 0.717) is 11.5 Å². The molecular weight excluding hydrogens is 352 g/mol. The molecule has 0 spiro atoms. The molecule has 4 fully saturated rings. The van der Waals surface area contributed by atoms with E-state index in [-0.39, 0.29) is 18.1 Å². The Morgan fingerprint density at radius 2 is 1.79 bits per heavy atom. The van der Waals surface area contributed by atoms with Crippen LogP contribution in [0.1, 0.15) is 44.1 Å². The number of hydrogen-bond donors (Lipinski definition) is 1. The van der Waals surface area contributed by atoms with Gasteiger partial charge in [-0.05, 0) is 64.3 Å². The summed E-state index contributed by atoms with van der Waals surface area (Å²) >= 11 is 0. The van der Waals surface area contributed by atoms with Crippen LogP contribution in [0, 0.1) is 11.8 Å². The zero-order valence-electron chi connectivity index (χ0n) is 17.2. The first kappa shape index (κ1) is 19.9. The van der Waals surface area contributed by atoms with Crippen molar-refractivity contribution in [2.24, 2.45) is 11.8 Å². The molecule has 3 heterocycles. The number of carbonyl (C=O) groups is 1. The maximum Gasteiger partial charge on any atom is 0.343 e. The standard InChI is InChI=1S/C23H34N2O3/c1-24(2)16-20-21(17-12-14-25(20)15-13-17)28-22(26)23(27,19-10-6-7-11-19)18-8-4-3-5-9-18/h3-5,8-9,17,19-21,27H,6-7,10-16H2,1-2H3/t20-,21+,23+/m0/s1. The maximum absolute atomic E-state index is 13.5. The first-order valence-corrected chi connectivity index (χ1v) is 10.9. The first-order valence-electron chi connectivity index (χ1n) is 10.9. The van der Waals surface area contributed by atoms with Gasteiger partial charge in [0, 0.05) is 12.5 Å². The summed E-state index contributed by atoms with van der Waals surface area (Å²) in [6.45, 7) is 3.05. The summed E-state index contributed by atoms with van der Waals surface area (Å²) in [6, 6.07) is 9.66. The monoisotopic (exact) mass is 386 g/mol. The number of rotatable bonds is 6. The first-order chi connectivity index (χ1) is 13.5. The molecule has 3 aliphatic heterocycles. The summed E-state index contributed by atoms with van der Waals surface area (Å²) in [7, 11) is 4.14. The molecule has 5 nitrogen and oxygen atoms in total. The third kappa shape index (κ3) is 3.60. The van der Waals surface area contributed by atoms with Crippen molar-refractivity contribution in [1.29, 1.82) is 0 Å². The number of nitrogens with zero attached hydrogens (tertiary/aromatic N) is 2. The Balaban J connectivity index is 1.60. The maximum atomic E-state index is 13.5. The fraction of sp³-hybridized carbons (Fsp3) is 0.696. The van der Waals surface area contributed by atoms with Crippen molar-refractivity contribution in [2.45, 2.75) is 56.3 Å². The van der Waals surface area contributed by atoms with Crippen molar-refractivity contribution in [3.63, 3.8) is 0 Å². The summed E-state index contributed by atoms with van der Waals surface area (Å²) in [4.78, 5) is 18.2. The van der Waals surface area contributed by atoms with Crippen molar-refractivity contribution in [1.82, 2.24) is 9.80 Å². The molecule has 4 aliphatic rings. The lowest BCUT2D eigenvalue weighted by atomic mass is 9.78. The molecule has 0 unspecified atom stereocenters. The fourth-order valence-corrected chi connectivity index (χ4v) is 5.64. The van der Waals surface area contributed by atoms with E-state index in [1.54, 1.807) is 0 Å². The smallest absolute Gasteiger partial charge is 0.343 e. The van der Waals surface area contributed by atoms with Gasteiger partial charge < -0.3 is 14.7 Å². The lowest BCUT2D eigenvalue weighted by Crippen LogP contribution is -2.62. The van der Waals surface area contributed by atoms with Crippen LogP contribution in [-0.4, -0.2) is 66.8 Å². The minimum atomic E-state index is -1.54. The average Bonchev–Trinajstić information content (AvgIpc) is 3.25. The molecule has 1 aromatic carbocycles. The van der Waals surface area contributed by atoms with Crippen LogP contribution in [0.3, 0.4) is 0 Å². The third-order valence-electron chi connectivity index (χ3n) is 7.15. The molecule has 0 radical (unpaired) electrons. The molecule has 1 aliphatic carbocycles. The van der Waals surface area contributed by atoms with Crippen molar-refractivity contribution in [3.8, 4) is 0 Å². The predicted octanol–water partition coefficient (Wildman–Crippen LogP) is 2.63. The molecule has 5 heteroatoms. The van der Waals surface area contributed by atoms with Crippen LogP contribution in [0.5, 0.6) is 0 Å². The van der Waals surface area contributed by atoms with E-state index in [4.69, 9.17) is 4.74 Å². The number of hydrogen-bond acceptors (Lipinski definition) is 5. The van der Waals surface area contributed by atoms with Gasteiger partial charge in [0.05, 0.1) is 6.04 Å². The van der Waals surface area contributed by atoms with Crippen molar-refractivity contribution in [3.05, 3.63) is 35.9 Å². The van der Waals surface area contributed by atoms with Crippen LogP contribution >= 0.6 is 0 Å². The van der Waals surface area contributed by atoms with Crippen LogP contribution in [-0.2, 0) is 15.1 Å². The van der Waals surface area contributed by atoms with Crippen molar-refractivity contribution < 1.29 is 14.6 Å². The Hall–Kier alpha value is -1.43. The topological polar surface area (TPSA) is 53.0 Å². The minimum Gasteiger partial charge on any atom is -0.458 e. The summed E-state index contributed by atoms with van der Waals surface area (Å²) < 4.78 is 6.21. The van der Waals surface area contributed by atoms with Gasteiger partial charge in [-0.15, -0.1) is 0 Å². The summed E-state index contributed by atoms with van der Waals surface area (Å²) in [6.07, 6.45) is 5.91. The van der Waals surface area contributed by atoms with Crippen LogP contribution in [0.4, 0.5) is 0 Å². The van der Waals surface area contributed by atoms with Crippen molar-refractivity contribution in [2.75, 3.05) is 33.7 Å². The second-order valence-electron chi connectivity index (χ2n) is 9.19. The fourth-order valence-electron chi connectivity index (χ4n) is 5.64. The molecule has 5 rings (SSSR count). The average molecular weight is 387 g/mol. The van der Waals surface area contributed by atoms with Crippen LogP contribution < -0.4 is 0 Å². The van der Waals surface area contributed by atoms with E-state index in [9.17, 15) is 9.90 Å². The van der Waals surface area contributed by atoms with E-state index in [1.807, 2.05) is 30.3 Å². The van der Waals surface area contributed by atoms with Gasteiger partial charge in [0.25, 0.3) is 0 Å². The Labute approximate surface area is 168 Å². The molecular formula is C23H34N2O3. The molecule has 1 aromatic rings. The van der Waals surface area contributed by atoms with Crippen LogP contribution in [0.25, 0.3) is 0 Å². The van der Waals surface area contributed by atoms with E-state index in [1.165, 1.54) is 0 Å². The number of ether oxygens (including phenoxy) is 1. The summed E-state index contributed by atoms with van der Waals surface area (Å²) in [5, 5.41) is 11.7. The van der Waals surface area contributed by atoms with Gasteiger partial charge in [-0.25, -0.2) is 4.79 Å². The number of likely N-dealkylation sites (N-methyl/N-ethyl adjacent to an activating group) is 1. The largest absolute Gasteiger partial charge is 0.458 e. The zero-order valence-corrected chi connectivity index (χ0v) is 17.2. The summed E-state index contributed by atoms with van der Waals surface area (Å²) in [5.41, 5.74) is -0.857. The number of aliphatic hydroxyl groups is 1. The molecule has 0 aromatic heterocycles. The van der Waals surface area contributed by atoms with Gasteiger partial charge >= 0.3 is 5.97 Å². The SMILES string of the molecule is CN(C)C[C@H]1[C@H](OC(=O)[C@@](O)(c2ccccc2)C2CCCC2)C2CCN1CC2. The number of fused-ring (bicyclic) bond motifs is 3. The highest BCUT2D eigenvalue weighted by molar-refractivity contribution is 5.82. The van der Waals surface area contributed by atoms with Gasteiger partial charge in [0.15, 0.2) is 5.60 Å². The lowest BCUT2D eigenvalue weighted by Gasteiger charge is -2.51. The van der Waals surface area contributed by atoms with Gasteiger partial charge in [0.1, 0.15) is 6.10 Å². The van der Waals surface area contributed by atoms with Crippen molar-refractivity contribution >= 4 is 5.97 Å². The Kier molecular flexibility index (Phi) is 5.77. The lowest BCUT2D eigenvalue weighted by molar-refractivity contribution is -0.194. The predicted molar refractivity (Wildman–Crippen MR) is 109 cm³/mol. The third-order valence-corrected chi connectivity index (χ3v) is 7.15. The number of esters is 1. The molecule has 0 amide bonds. The number of benzene rings is 1. The number of carbonyl (C=O) groups excluding carboxylic acids is 1. The Morgan fingerprint density at radius 1 is 1.14 bits per heavy atom. The van der Waals surface area contributed by atoms with Crippen LogP contribution in [0.2, 0.25) is 0 Å².